The minimum atomic E-state index is 0.0187. The summed E-state index contributed by atoms with van der Waals surface area (Å²) in [6, 6.07) is 3.81. The number of allylic oxidation sites excluding steroid dienone is 2. The van der Waals surface area contributed by atoms with Gasteiger partial charge in [0.1, 0.15) is 5.82 Å². The Labute approximate surface area is 102 Å². The number of carbonyl (C=O) groups is 1. The van der Waals surface area contributed by atoms with E-state index in [4.69, 9.17) is 0 Å². The molecule has 0 bridgehead atoms. The molecule has 2 rings (SSSR count). The fourth-order valence-corrected chi connectivity index (χ4v) is 2.09. The van der Waals surface area contributed by atoms with Gasteiger partial charge in [0.25, 0.3) is 0 Å². The first kappa shape index (κ1) is 11.8. The molecule has 1 aliphatic heterocycles. The van der Waals surface area contributed by atoms with Crippen LogP contribution in [0.15, 0.2) is 30.5 Å². The minimum absolute atomic E-state index is 0.0187. The van der Waals surface area contributed by atoms with E-state index < -0.39 is 0 Å². The van der Waals surface area contributed by atoms with Gasteiger partial charge >= 0.3 is 0 Å². The molecule has 0 amide bonds. The third-order valence-corrected chi connectivity index (χ3v) is 3.03. The molecule has 0 aliphatic carbocycles. The highest BCUT2D eigenvalue weighted by Crippen LogP contribution is 2.17. The van der Waals surface area contributed by atoms with Gasteiger partial charge in [-0.25, -0.2) is 4.98 Å². The third kappa shape index (κ3) is 2.93. The molecule has 2 heterocycles. The standard InChI is InChI=1S/C14H18N2O/c1-2-6-13(17)12-7-8-14(15-11-12)16-9-4-3-5-10-16/h2,6-8,11H,3-5,9-10H2,1H3. The fraction of sp³-hybridized carbons (Fsp3) is 0.429. The van der Waals surface area contributed by atoms with Gasteiger partial charge in [-0.05, 0) is 44.4 Å². The summed E-state index contributed by atoms with van der Waals surface area (Å²) in [5, 5.41) is 0. The molecule has 1 aliphatic rings. The molecule has 0 atom stereocenters. The lowest BCUT2D eigenvalue weighted by molar-refractivity contribution is 0.104. The van der Waals surface area contributed by atoms with E-state index in [-0.39, 0.29) is 5.78 Å². The molecule has 17 heavy (non-hydrogen) atoms. The van der Waals surface area contributed by atoms with Gasteiger partial charge in [-0.15, -0.1) is 0 Å². The van der Waals surface area contributed by atoms with Crippen LogP contribution in [0, 0.1) is 0 Å². The molecule has 1 aromatic heterocycles. The topological polar surface area (TPSA) is 33.2 Å². The summed E-state index contributed by atoms with van der Waals surface area (Å²) in [5.74, 6) is 1.01. The molecular formula is C14H18N2O. The van der Waals surface area contributed by atoms with E-state index in [9.17, 15) is 4.79 Å². The maximum Gasteiger partial charge on any atom is 0.187 e. The van der Waals surface area contributed by atoms with E-state index in [1.165, 1.54) is 19.3 Å². The van der Waals surface area contributed by atoms with Crippen molar-refractivity contribution in [1.82, 2.24) is 4.98 Å². The van der Waals surface area contributed by atoms with E-state index >= 15 is 0 Å². The maximum atomic E-state index is 11.6. The Morgan fingerprint density at radius 3 is 2.65 bits per heavy atom. The zero-order chi connectivity index (χ0) is 12.1. The van der Waals surface area contributed by atoms with Gasteiger partial charge in [-0.2, -0.15) is 0 Å². The van der Waals surface area contributed by atoms with Crippen molar-refractivity contribution in [2.45, 2.75) is 26.2 Å². The Bertz CT molecular complexity index is 403. The molecule has 0 N–H and O–H groups in total. The number of aromatic nitrogens is 1. The number of anilines is 1. The second-order valence-electron chi connectivity index (χ2n) is 4.32. The minimum Gasteiger partial charge on any atom is -0.357 e. The van der Waals surface area contributed by atoms with Crippen LogP contribution in [0.25, 0.3) is 0 Å². The Morgan fingerprint density at radius 1 is 1.29 bits per heavy atom. The summed E-state index contributed by atoms with van der Waals surface area (Å²) >= 11 is 0. The van der Waals surface area contributed by atoms with Crippen molar-refractivity contribution in [2.75, 3.05) is 18.0 Å². The summed E-state index contributed by atoms with van der Waals surface area (Å²) < 4.78 is 0. The predicted molar refractivity (Wildman–Crippen MR) is 69.4 cm³/mol. The molecule has 3 heteroatoms. The number of ketones is 1. The van der Waals surface area contributed by atoms with Crippen LogP contribution in [0.4, 0.5) is 5.82 Å². The highest BCUT2D eigenvalue weighted by atomic mass is 16.1. The Morgan fingerprint density at radius 2 is 2.06 bits per heavy atom. The lowest BCUT2D eigenvalue weighted by atomic mass is 10.1. The molecule has 0 saturated carbocycles. The average molecular weight is 230 g/mol. The normalized spacial score (nSPS) is 16.4. The quantitative estimate of drug-likeness (QED) is 0.591. The summed E-state index contributed by atoms with van der Waals surface area (Å²) in [6.07, 6.45) is 8.78. The number of hydrogen-bond donors (Lipinski definition) is 0. The monoisotopic (exact) mass is 230 g/mol. The first-order valence-corrected chi connectivity index (χ1v) is 6.19. The summed E-state index contributed by atoms with van der Waals surface area (Å²) in [6.45, 7) is 4.00. The van der Waals surface area contributed by atoms with Crippen molar-refractivity contribution in [3.8, 4) is 0 Å². The molecule has 3 nitrogen and oxygen atoms in total. The van der Waals surface area contributed by atoms with E-state index in [1.807, 2.05) is 19.1 Å². The van der Waals surface area contributed by atoms with Crippen molar-refractivity contribution < 1.29 is 4.79 Å². The first-order valence-electron chi connectivity index (χ1n) is 6.19. The largest absolute Gasteiger partial charge is 0.357 e. The van der Waals surface area contributed by atoms with Gasteiger partial charge in [0.2, 0.25) is 0 Å². The van der Waals surface area contributed by atoms with Crippen molar-refractivity contribution >= 4 is 11.6 Å². The molecule has 1 aromatic rings. The Kier molecular flexibility index (Phi) is 3.91. The molecule has 0 aromatic carbocycles. The molecule has 90 valence electrons. The third-order valence-electron chi connectivity index (χ3n) is 3.03. The average Bonchev–Trinajstić information content (AvgIpc) is 2.40. The smallest absolute Gasteiger partial charge is 0.187 e. The number of pyridine rings is 1. The second kappa shape index (κ2) is 5.62. The number of carbonyl (C=O) groups excluding carboxylic acids is 1. The van der Waals surface area contributed by atoms with Crippen LogP contribution in [-0.2, 0) is 0 Å². The molecule has 1 saturated heterocycles. The van der Waals surface area contributed by atoms with Crippen molar-refractivity contribution in [1.29, 1.82) is 0 Å². The zero-order valence-corrected chi connectivity index (χ0v) is 10.2. The Hall–Kier alpha value is -1.64. The van der Waals surface area contributed by atoms with Gasteiger partial charge in [0.05, 0.1) is 0 Å². The fourth-order valence-electron chi connectivity index (χ4n) is 2.09. The first-order chi connectivity index (χ1) is 8.31. The van der Waals surface area contributed by atoms with Crippen molar-refractivity contribution in [3.05, 3.63) is 36.0 Å². The molecular weight excluding hydrogens is 212 g/mol. The number of hydrogen-bond acceptors (Lipinski definition) is 3. The van der Waals surface area contributed by atoms with Gasteiger partial charge in [-0.1, -0.05) is 6.08 Å². The SMILES string of the molecule is CC=CC(=O)c1ccc(N2CCCCC2)nc1. The molecule has 0 spiro atoms. The lowest BCUT2D eigenvalue weighted by Crippen LogP contribution is -2.30. The molecule has 1 fully saturated rings. The van der Waals surface area contributed by atoms with Crippen LogP contribution < -0.4 is 4.90 Å². The van der Waals surface area contributed by atoms with Crippen LogP contribution in [0.2, 0.25) is 0 Å². The van der Waals surface area contributed by atoms with Crippen LogP contribution in [0.3, 0.4) is 0 Å². The highest BCUT2D eigenvalue weighted by Gasteiger charge is 2.12. The summed E-state index contributed by atoms with van der Waals surface area (Å²) in [4.78, 5) is 18.3. The van der Waals surface area contributed by atoms with Gasteiger partial charge in [0, 0.05) is 24.8 Å². The maximum absolute atomic E-state index is 11.6. The van der Waals surface area contributed by atoms with E-state index in [0.29, 0.717) is 5.56 Å². The van der Waals surface area contributed by atoms with E-state index in [1.54, 1.807) is 18.3 Å². The Balaban J connectivity index is 2.09. The van der Waals surface area contributed by atoms with E-state index in [0.717, 1.165) is 18.9 Å². The number of nitrogens with zero attached hydrogens (tertiary/aromatic N) is 2. The molecule has 0 unspecified atom stereocenters. The van der Waals surface area contributed by atoms with Gasteiger partial charge < -0.3 is 4.90 Å². The number of rotatable bonds is 3. The zero-order valence-electron chi connectivity index (χ0n) is 10.2. The van der Waals surface area contributed by atoms with Crippen molar-refractivity contribution in [2.24, 2.45) is 0 Å². The summed E-state index contributed by atoms with van der Waals surface area (Å²) in [7, 11) is 0. The molecule has 0 radical (unpaired) electrons. The van der Waals surface area contributed by atoms with Gasteiger partial charge in [-0.3, -0.25) is 4.79 Å². The summed E-state index contributed by atoms with van der Waals surface area (Å²) in [5.41, 5.74) is 0.656. The van der Waals surface area contributed by atoms with Crippen LogP contribution in [0.1, 0.15) is 36.5 Å². The van der Waals surface area contributed by atoms with Crippen LogP contribution in [0.5, 0.6) is 0 Å². The second-order valence-corrected chi connectivity index (χ2v) is 4.32. The predicted octanol–water partition coefficient (Wildman–Crippen LogP) is 2.83. The van der Waals surface area contributed by atoms with Gasteiger partial charge in [0.15, 0.2) is 5.78 Å². The van der Waals surface area contributed by atoms with Crippen LogP contribution >= 0.6 is 0 Å². The van der Waals surface area contributed by atoms with Crippen LogP contribution in [-0.4, -0.2) is 23.9 Å². The lowest BCUT2D eigenvalue weighted by Gasteiger charge is -2.27. The van der Waals surface area contributed by atoms with Crippen molar-refractivity contribution in [3.63, 3.8) is 0 Å². The highest BCUT2D eigenvalue weighted by molar-refractivity contribution is 6.04. The van der Waals surface area contributed by atoms with E-state index in [2.05, 4.69) is 9.88 Å². The number of piperidine rings is 1.